The summed E-state index contributed by atoms with van der Waals surface area (Å²) in [6.07, 6.45) is 0.506. The van der Waals surface area contributed by atoms with Crippen LogP contribution >= 0.6 is 0 Å². The van der Waals surface area contributed by atoms with Crippen molar-refractivity contribution >= 4 is 21.4 Å². The second-order valence-electron chi connectivity index (χ2n) is 6.56. The van der Waals surface area contributed by atoms with Gasteiger partial charge in [-0.3, -0.25) is 10.1 Å². The molecule has 0 aromatic heterocycles. The van der Waals surface area contributed by atoms with Crippen molar-refractivity contribution < 1.29 is 30.5 Å². The molecule has 0 amide bonds. The predicted octanol–water partition coefficient (Wildman–Crippen LogP) is -2.42. The van der Waals surface area contributed by atoms with Crippen molar-refractivity contribution in [2.24, 2.45) is 0 Å². The van der Waals surface area contributed by atoms with Crippen LogP contribution in [-0.2, 0) is 10.0 Å². The zero-order chi connectivity index (χ0) is 17.1. The molecule has 9 heteroatoms. The van der Waals surface area contributed by atoms with E-state index in [0.717, 1.165) is 37.2 Å². The molecule has 1 fully saturated rings. The quantitative estimate of drug-likeness (QED) is 0.327. The average molecular weight is 379 g/mol. The van der Waals surface area contributed by atoms with E-state index in [1.165, 1.54) is 6.07 Å². The van der Waals surface area contributed by atoms with Gasteiger partial charge in [-0.2, -0.15) is 0 Å². The Morgan fingerprint density at radius 1 is 1.29 bits per heavy atom. The summed E-state index contributed by atoms with van der Waals surface area (Å²) in [5.41, 5.74) is 6.06. The lowest BCUT2D eigenvalue weighted by Crippen LogP contribution is -3.00. The Morgan fingerprint density at radius 2 is 1.88 bits per heavy atom. The predicted molar refractivity (Wildman–Crippen MR) is 91.8 cm³/mol. The number of halogens is 1. The van der Waals surface area contributed by atoms with E-state index in [4.69, 9.17) is 5.73 Å². The molecule has 0 spiro atoms. The minimum absolute atomic E-state index is 0. The van der Waals surface area contributed by atoms with Crippen LogP contribution in [0.3, 0.4) is 0 Å². The first-order valence-corrected chi connectivity index (χ1v) is 9.43. The minimum Gasteiger partial charge on any atom is -1.00 e. The molecule has 0 unspecified atom stereocenters. The highest BCUT2D eigenvalue weighted by molar-refractivity contribution is 7.92. The van der Waals surface area contributed by atoms with Gasteiger partial charge in [-0.15, -0.1) is 4.47 Å². The van der Waals surface area contributed by atoms with Crippen molar-refractivity contribution in [2.75, 3.05) is 62.8 Å². The summed E-state index contributed by atoms with van der Waals surface area (Å²) in [5, 5.41) is 10.0. The van der Waals surface area contributed by atoms with Crippen LogP contribution in [0, 0.1) is 0 Å². The normalized spacial score (nSPS) is 18.0. The molecule has 24 heavy (non-hydrogen) atoms. The van der Waals surface area contributed by atoms with Gasteiger partial charge in [-0.25, -0.2) is 8.42 Å². The second-order valence-corrected chi connectivity index (χ2v) is 8.48. The second kappa shape index (κ2) is 8.35. The van der Waals surface area contributed by atoms with Gasteiger partial charge in [-0.1, -0.05) is 12.1 Å². The van der Waals surface area contributed by atoms with E-state index in [0.29, 0.717) is 10.9 Å². The maximum atomic E-state index is 12.3. The van der Waals surface area contributed by atoms with E-state index in [-0.39, 0.29) is 29.5 Å². The molecule has 1 aromatic carbocycles. The van der Waals surface area contributed by atoms with E-state index in [2.05, 4.69) is 19.0 Å². The molecule has 3 N–H and O–H groups in total. The Morgan fingerprint density at radius 3 is 2.46 bits per heavy atom. The molecule has 1 aliphatic rings. The molecule has 0 radical (unpaired) electrons. The number of hydrogen-bond acceptors (Lipinski definition) is 5. The number of piperazine rings is 1. The van der Waals surface area contributed by atoms with Crippen molar-refractivity contribution in [1.29, 1.82) is 0 Å². The molecule has 7 nitrogen and oxygen atoms in total. The van der Waals surface area contributed by atoms with Crippen molar-refractivity contribution in [3.63, 3.8) is 0 Å². The van der Waals surface area contributed by atoms with Crippen molar-refractivity contribution in [2.45, 2.75) is 6.42 Å². The number of likely N-dealkylation sites (N-methyl/N-ethyl adjacent to an activating group) is 2. The third-order valence-corrected chi connectivity index (χ3v) is 6.08. The lowest BCUT2D eigenvalue weighted by Gasteiger charge is -2.41. The van der Waals surface area contributed by atoms with Crippen LogP contribution < -0.4 is 22.6 Å². The number of nitrogens with two attached hydrogens (primary N) is 1. The van der Waals surface area contributed by atoms with Crippen LogP contribution in [0.25, 0.3) is 0 Å². The number of benzene rings is 1. The van der Waals surface area contributed by atoms with Crippen LogP contribution in [0.4, 0.5) is 11.4 Å². The smallest absolute Gasteiger partial charge is 0.257 e. The van der Waals surface area contributed by atoms with Gasteiger partial charge >= 0.3 is 0 Å². The maximum absolute atomic E-state index is 12.3. The Kier molecular flexibility index (Phi) is 7.30. The van der Waals surface area contributed by atoms with E-state index in [9.17, 15) is 13.6 Å². The molecule has 1 aromatic rings. The van der Waals surface area contributed by atoms with Gasteiger partial charge in [0.1, 0.15) is 5.69 Å². The molecule has 138 valence electrons. The standard InChI is InChI=1S/C15H27N4O3S.ClH/c1-17-8-11-19(2,12-9-17)10-5-13-23(21,22)18(20)15-7-4-3-6-14(15)16;/h3-4,6-7,20H,5,8-13,16H2,1-2H3;1H/q+1;/p-1. The summed E-state index contributed by atoms with van der Waals surface area (Å²) in [4.78, 5) is 2.28. The largest absolute Gasteiger partial charge is 1.00 e. The molecule has 0 aliphatic carbocycles. The lowest BCUT2D eigenvalue weighted by molar-refractivity contribution is -0.913. The Labute approximate surface area is 150 Å². The van der Waals surface area contributed by atoms with Crippen molar-refractivity contribution in [3.05, 3.63) is 24.3 Å². The third-order valence-electron chi connectivity index (χ3n) is 4.55. The summed E-state index contributed by atoms with van der Waals surface area (Å²) < 4.78 is 25.8. The van der Waals surface area contributed by atoms with E-state index >= 15 is 0 Å². The van der Waals surface area contributed by atoms with Gasteiger partial charge < -0.3 is 22.6 Å². The Balaban J connectivity index is 0.00000288. The van der Waals surface area contributed by atoms with Crippen molar-refractivity contribution in [1.82, 2.24) is 4.90 Å². The summed E-state index contributed by atoms with van der Waals surface area (Å²) in [5.74, 6) is -0.0957. The SMILES string of the molecule is CN1CC[N+](C)(CCCS(=O)(=O)N(O)c2ccccc2N)CC1.[Cl-]. The van der Waals surface area contributed by atoms with Crippen LogP contribution in [0.2, 0.25) is 0 Å². The van der Waals surface area contributed by atoms with Gasteiger partial charge in [0.2, 0.25) is 0 Å². The topological polar surface area (TPSA) is 86.9 Å². The van der Waals surface area contributed by atoms with Gasteiger partial charge in [-0.05, 0) is 19.2 Å². The fourth-order valence-electron chi connectivity index (χ4n) is 2.80. The van der Waals surface area contributed by atoms with Gasteiger partial charge in [0.05, 0.1) is 38.1 Å². The molecule has 0 saturated carbocycles. The zero-order valence-corrected chi connectivity index (χ0v) is 15.8. The summed E-state index contributed by atoms with van der Waals surface area (Å²) in [7, 11) is 0.472. The number of anilines is 2. The number of para-hydroxylation sites is 2. The zero-order valence-electron chi connectivity index (χ0n) is 14.2. The monoisotopic (exact) mass is 378 g/mol. The van der Waals surface area contributed by atoms with Crippen LogP contribution in [0.5, 0.6) is 0 Å². The fourth-order valence-corrected chi connectivity index (χ4v) is 3.93. The van der Waals surface area contributed by atoms with Gasteiger partial charge in [0, 0.05) is 19.5 Å². The highest BCUT2D eigenvalue weighted by Gasteiger charge is 2.29. The number of nitrogens with zero attached hydrogens (tertiary/aromatic N) is 3. The van der Waals surface area contributed by atoms with Crippen LogP contribution in [0.1, 0.15) is 6.42 Å². The first kappa shape index (κ1) is 21.0. The molecule has 0 bridgehead atoms. The number of nitrogen functional groups attached to an aromatic ring is 1. The molecule has 1 aliphatic heterocycles. The number of sulfonamides is 1. The molecular formula is C15H27ClN4O3S. The minimum atomic E-state index is -3.79. The number of rotatable bonds is 6. The number of hydrogen-bond donors (Lipinski definition) is 2. The van der Waals surface area contributed by atoms with Gasteiger partial charge in [0.25, 0.3) is 10.0 Å². The first-order chi connectivity index (χ1) is 10.7. The van der Waals surface area contributed by atoms with Gasteiger partial charge in [0.15, 0.2) is 0 Å². The van der Waals surface area contributed by atoms with E-state index in [1.54, 1.807) is 18.2 Å². The number of quaternary nitrogens is 1. The lowest BCUT2D eigenvalue weighted by atomic mass is 10.2. The maximum Gasteiger partial charge on any atom is 0.257 e. The van der Waals surface area contributed by atoms with Crippen LogP contribution in [-0.4, -0.2) is 75.6 Å². The molecule has 1 saturated heterocycles. The highest BCUT2D eigenvalue weighted by atomic mass is 35.5. The van der Waals surface area contributed by atoms with Crippen molar-refractivity contribution in [3.8, 4) is 0 Å². The molecule has 1 heterocycles. The molecule has 0 atom stereocenters. The summed E-state index contributed by atoms with van der Waals surface area (Å²) >= 11 is 0. The fraction of sp³-hybridized carbons (Fsp3) is 0.600. The van der Waals surface area contributed by atoms with E-state index in [1.807, 2.05) is 0 Å². The van der Waals surface area contributed by atoms with Crippen LogP contribution in [0.15, 0.2) is 24.3 Å². The Hall–Kier alpha value is -1.06. The summed E-state index contributed by atoms with van der Waals surface area (Å²) in [6, 6.07) is 6.38. The average Bonchev–Trinajstić information content (AvgIpc) is 2.50. The first-order valence-electron chi connectivity index (χ1n) is 7.82. The van der Waals surface area contributed by atoms with E-state index < -0.39 is 10.0 Å². The highest BCUT2D eigenvalue weighted by Crippen LogP contribution is 2.24. The third kappa shape index (κ3) is 5.22. The molecule has 2 rings (SSSR count). The Bertz CT molecular complexity index is 633. The summed E-state index contributed by atoms with van der Waals surface area (Å²) in [6.45, 7) is 4.87. The molecular weight excluding hydrogens is 352 g/mol.